The fourth-order valence-corrected chi connectivity index (χ4v) is 3.86. The lowest BCUT2D eigenvalue weighted by atomic mass is 9.85. The highest BCUT2D eigenvalue weighted by Gasteiger charge is 2.54. The summed E-state index contributed by atoms with van der Waals surface area (Å²) in [5, 5.41) is 20.8. The van der Waals surface area contributed by atoms with Crippen LogP contribution in [0.25, 0.3) is 5.41 Å². The van der Waals surface area contributed by atoms with E-state index in [0.717, 1.165) is 29.7 Å². The number of aryl methyl sites for hydroxylation is 1. The molecule has 0 amide bonds. The van der Waals surface area contributed by atoms with Gasteiger partial charge in [-0.05, 0) is 59.7 Å². The predicted molar refractivity (Wildman–Crippen MR) is 100 cm³/mol. The van der Waals surface area contributed by atoms with Crippen molar-refractivity contribution in [1.82, 2.24) is 0 Å². The number of hydrogen-bond donors (Lipinski definition) is 2. The van der Waals surface area contributed by atoms with Gasteiger partial charge in [0.25, 0.3) is 0 Å². The maximum absolute atomic E-state index is 13.7. The van der Waals surface area contributed by atoms with Crippen molar-refractivity contribution < 1.29 is 18.3 Å². The molecule has 27 heavy (non-hydrogen) atoms. The molecule has 2 aromatic rings. The number of nitrogens with zero attached hydrogens (tertiary/aromatic N) is 1. The van der Waals surface area contributed by atoms with Gasteiger partial charge in [0, 0.05) is 16.1 Å². The van der Waals surface area contributed by atoms with Gasteiger partial charge in [-0.15, -0.1) is 0 Å². The number of alkyl halides is 3. The van der Waals surface area contributed by atoms with Crippen molar-refractivity contribution in [2.45, 2.75) is 37.1 Å². The first-order chi connectivity index (χ1) is 12.5. The van der Waals surface area contributed by atoms with Crippen molar-refractivity contribution in [3.63, 3.8) is 0 Å². The molecule has 0 saturated heterocycles. The van der Waals surface area contributed by atoms with Crippen LogP contribution in [0.1, 0.15) is 41.1 Å². The molecule has 8 heteroatoms. The van der Waals surface area contributed by atoms with Crippen LogP contribution in [-0.4, -0.2) is 17.0 Å². The lowest BCUT2D eigenvalue weighted by Crippen LogP contribution is -2.44. The molecule has 144 valence electrons. The Morgan fingerprint density at radius 2 is 1.78 bits per heavy atom. The minimum Gasteiger partial charge on any atom is -0.807 e. The van der Waals surface area contributed by atoms with Gasteiger partial charge in [-0.2, -0.15) is 18.9 Å². The number of fused-ring (bicyclic) bond motifs is 1. The Morgan fingerprint density at radius 3 is 2.37 bits per heavy atom. The average molecular weight is 416 g/mol. The first-order valence-electron chi connectivity index (χ1n) is 8.20. The highest BCUT2D eigenvalue weighted by molar-refractivity contribution is 6.34. The molecule has 0 aromatic heterocycles. The number of rotatable bonds is 4. The summed E-state index contributed by atoms with van der Waals surface area (Å²) >= 11 is 11.6. The van der Waals surface area contributed by atoms with Crippen molar-refractivity contribution in [2.24, 2.45) is 5.73 Å². The van der Waals surface area contributed by atoms with Crippen LogP contribution < -0.4 is 5.73 Å². The molecule has 0 fully saturated rings. The van der Waals surface area contributed by atoms with E-state index in [1.54, 1.807) is 12.1 Å². The summed E-state index contributed by atoms with van der Waals surface area (Å²) in [4.78, 5) is 0. The molecule has 0 aliphatic heterocycles. The van der Waals surface area contributed by atoms with Gasteiger partial charge >= 0.3 is 6.18 Å². The molecule has 0 radical (unpaired) electrons. The SMILES string of the molecule is [N-]=C(CC(O)(c1cc(Cl)cc(Cl)c1)C(F)(F)F)c1ccc2c(c1)CCC2N. The Balaban J connectivity index is 1.97. The lowest BCUT2D eigenvalue weighted by Gasteiger charge is -2.34. The molecule has 0 heterocycles. The van der Waals surface area contributed by atoms with E-state index in [0.29, 0.717) is 6.42 Å². The first kappa shape index (κ1) is 20.1. The van der Waals surface area contributed by atoms with Gasteiger partial charge in [0.05, 0.1) is 0 Å². The zero-order valence-electron chi connectivity index (χ0n) is 14.0. The molecular weight excluding hydrogens is 400 g/mol. The molecule has 0 spiro atoms. The van der Waals surface area contributed by atoms with Gasteiger partial charge in [0.2, 0.25) is 0 Å². The number of halogens is 5. The molecule has 2 atom stereocenters. The minimum atomic E-state index is -5.06. The summed E-state index contributed by atoms with van der Waals surface area (Å²) in [7, 11) is 0. The Kier molecular flexibility index (Phi) is 5.29. The smallest absolute Gasteiger partial charge is 0.421 e. The molecule has 0 saturated carbocycles. The van der Waals surface area contributed by atoms with E-state index in [1.165, 1.54) is 12.1 Å². The standard InChI is InChI=1S/C19H16Cl2F3N2O/c20-13-6-12(7-14(21)8-13)18(27,19(22,23)24)9-17(26)11-1-3-15-10(5-11)2-4-16(15)25/h1,3,5-8,16,27H,2,4,9,25H2/q-1. The molecule has 1 aliphatic carbocycles. The van der Waals surface area contributed by atoms with Gasteiger partial charge in [0.15, 0.2) is 5.60 Å². The molecule has 3 N–H and O–H groups in total. The quantitative estimate of drug-likeness (QED) is 0.678. The Morgan fingerprint density at radius 1 is 1.15 bits per heavy atom. The van der Waals surface area contributed by atoms with Crippen molar-refractivity contribution in [2.75, 3.05) is 0 Å². The third-order valence-electron chi connectivity index (χ3n) is 4.83. The second-order valence-corrected chi connectivity index (χ2v) is 7.57. The highest BCUT2D eigenvalue weighted by Crippen LogP contribution is 2.44. The lowest BCUT2D eigenvalue weighted by molar-refractivity contribution is -0.263. The number of benzene rings is 2. The predicted octanol–water partition coefficient (Wildman–Crippen LogP) is 5.14. The molecule has 0 bridgehead atoms. The number of hydrogen-bond acceptors (Lipinski definition) is 2. The Bertz CT molecular complexity index is 881. The van der Waals surface area contributed by atoms with E-state index in [4.69, 9.17) is 28.9 Å². The third kappa shape index (κ3) is 3.85. The summed E-state index contributed by atoms with van der Waals surface area (Å²) in [5.41, 5.74) is 3.48. The topological polar surface area (TPSA) is 68.5 Å². The zero-order chi connectivity index (χ0) is 20.0. The van der Waals surface area contributed by atoms with Crippen LogP contribution in [0.15, 0.2) is 36.4 Å². The third-order valence-corrected chi connectivity index (χ3v) is 5.27. The van der Waals surface area contributed by atoms with E-state index in [1.807, 2.05) is 0 Å². The van der Waals surface area contributed by atoms with Crippen LogP contribution >= 0.6 is 23.2 Å². The van der Waals surface area contributed by atoms with Crippen LogP contribution in [0.4, 0.5) is 13.2 Å². The monoisotopic (exact) mass is 415 g/mol. The van der Waals surface area contributed by atoms with E-state index in [2.05, 4.69) is 0 Å². The fourth-order valence-electron chi connectivity index (χ4n) is 3.33. The van der Waals surface area contributed by atoms with Gasteiger partial charge in [-0.3, -0.25) is 0 Å². The van der Waals surface area contributed by atoms with Crippen LogP contribution in [0.3, 0.4) is 0 Å². The fraction of sp³-hybridized carbons (Fsp3) is 0.316. The summed E-state index contributed by atoms with van der Waals surface area (Å²) in [6.45, 7) is 0. The first-order valence-corrected chi connectivity index (χ1v) is 8.96. The summed E-state index contributed by atoms with van der Waals surface area (Å²) < 4.78 is 41.2. The van der Waals surface area contributed by atoms with Crippen LogP contribution in [0.5, 0.6) is 0 Å². The van der Waals surface area contributed by atoms with E-state index < -0.39 is 29.5 Å². The normalized spacial score (nSPS) is 18.9. The van der Waals surface area contributed by atoms with Crippen LogP contribution in [0.2, 0.25) is 10.0 Å². The number of aliphatic hydroxyl groups is 1. The average Bonchev–Trinajstić information content (AvgIpc) is 2.93. The minimum absolute atomic E-state index is 0.0498. The molecular formula is C19H16Cl2F3N2O-. The largest absolute Gasteiger partial charge is 0.807 e. The maximum atomic E-state index is 13.7. The van der Waals surface area contributed by atoms with Crippen molar-refractivity contribution >= 4 is 28.9 Å². The van der Waals surface area contributed by atoms with E-state index >= 15 is 0 Å². The van der Waals surface area contributed by atoms with Gasteiger partial charge in [0.1, 0.15) is 0 Å². The second kappa shape index (κ2) is 7.09. The Hall–Kier alpha value is -1.60. The van der Waals surface area contributed by atoms with Crippen molar-refractivity contribution in [3.8, 4) is 0 Å². The van der Waals surface area contributed by atoms with E-state index in [-0.39, 0.29) is 21.7 Å². The molecule has 1 aliphatic rings. The summed E-state index contributed by atoms with van der Waals surface area (Å²) in [5.74, 6) is 0. The Labute approximate surface area is 164 Å². The second-order valence-electron chi connectivity index (χ2n) is 6.70. The molecule has 2 unspecified atom stereocenters. The van der Waals surface area contributed by atoms with Crippen LogP contribution in [-0.2, 0) is 12.0 Å². The molecule has 3 rings (SSSR count). The van der Waals surface area contributed by atoms with Crippen LogP contribution in [0, 0.1) is 0 Å². The summed E-state index contributed by atoms with van der Waals surface area (Å²) in [6, 6.07) is 7.92. The van der Waals surface area contributed by atoms with Gasteiger partial charge in [-0.1, -0.05) is 41.4 Å². The van der Waals surface area contributed by atoms with Crippen molar-refractivity contribution in [3.05, 3.63) is 74.1 Å². The maximum Gasteiger partial charge on any atom is 0.421 e. The zero-order valence-corrected chi connectivity index (χ0v) is 15.5. The molecule has 3 nitrogen and oxygen atoms in total. The number of nitrogens with two attached hydrogens (primary N) is 1. The summed E-state index contributed by atoms with van der Waals surface area (Å²) in [6.07, 6.45) is -4.70. The highest BCUT2D eigenvalue weighted by atomic mass is 35.5. The van der Waals surface area contributed by atoms with Gasteiger partial charge in [-0.25, -0.2) is 0 Å². The van der Waals surface area contributed by atoms with Gasteiger partial charge < -0.3 is 16.2 Å². The molecule has 2 aromatic carbocycles. The van der Waals surface area contributed by atoms with Crippen molar-refractivity contribution in [1.29, 1.82) is 0 Å². The van der Waals surface area contributed by atoms with E-state index in [9.17, 15) is 23.7 Å².